The molecule has 8 heteroatoms. The van der Waals surface area contributed by atoms with E-state index >= 15 is 0 Å². The fraction of sp³-hybridized carbons (Fsp3) is 0.444. The summed E-state index contributed by atoms with van der Waals surface area (Å²) in [5.41, 5.74) is -0.949. The van der Waals surface area contributed by atoms with Gasteiger partial charge in [0.1, 0.15) is 11.0 Å². The molecule has 0 aromatic carbocycles. The predicted octanol–water partition coefficient (Wildman–Crippen LogP) is 1.52. The Morgan fingerprint density at radius 1 is 1.29 bits per heavy atom. The van der Waals surface area contributed by atoms with E-state index in [-0.39, 0.29) is 11.0 Å². The van der Waals surface area contributed by atoms with Crippen LogP contribution in [-0.2, 0) is 6.18 Å². The number of nitrogens with one attached hydrogen (secondary N) is 1. The molecule has 0 bridgehead atoms. The zero-order chi connectivity index (χ0) is 13.1. The van der Waals surface area contributed by atoms with Gasteiger partial charge in [-0.05, 0) is 12.1 Å². The van der Waals surface area contributed by atoms with Crippen LogP contribution in [0.4, 0.5) is 19.0 Å². The van der Waals surface area contributed by atoms with Crippen molar-refractivity contribution in [2.24, 2.45) is 0 Å². The summed E-state index contributed by atoms with van der Waals surface area (Å²) in [4.78, 5) is 3.62. The monoisotopic (exact) mass is 270 g/mol. The lowest BCUT2D eigenvalue weighted by atomic mass is 10.2. The third-order valence-corrected chi connectivity index (χ3v) is 2.11. The summed E-state index contributed by atoms with van der Waals surface area (Å²) in [5, 5.41) is 19.7. The number of nitrogens with zero attached hydrogens (tertiary/aromatic N) is 1. The molecule has 0 atom stereocenters. The van der Waals surface area contributed by atoms with Gasteiger partial charge in [-0.1, -0.05) is 11.6 Å². The molecule has 0 fully saturated rings. The van der Waals surface area contributed by atoms with Gasteiger partial charge in [0.15, 0.2) is 0 Å². The molecule has 0 aliphatic heterocycles. The fourth-order valence-corrected chi connectivity index (χ4v) is 1.30. The van der Waals surface area contributed by atoms with Gasteiger partial charge in [-0.3, -0.25) is 0 Å². The molecular weight excluding hydrogens is 261 g/mol. The van der Waals surface area contributed by atoms with Crippen LogP contribution in [0.25, 0.3) is 0 Å². The van der Waals surface area contributed by atoms with Gasteiger partial charge >= 0.3 is 6.18 Å². The number of alkyl halides is 3. The Labute approximate surface area is 100 Å². The lowest BCUT2D eigenvalue weighted by Gasteiger charge is -2.15. The first-order valence-corrected chi connectivity index (χ1v) is 4.97. The van der Waals surface area contributed by atoms with Crippen molar-refractivity contribution in [1.29, 1.82) is 0 Å². The van der Waals surface area contributed by atoms with Crippen molar-refractivity contribution in [3.8, 4) is 0 Å². The number of hydrogen-bond acceptors (Lipinski definition) is 4. The highest BCUT2D eigenvalue weighted by atomic mass is 35.5. The van der Waals surface area contributed by atoms with Gasteiger partial charge in [-0.25, -0.2) is 4.98 Å². The summed E-state index contributed by atoms with van der Waals surface area (Å²) in [6.07, 6.45) is -4.53. The number of aliphatic hydroxyl groups is 2. The molecule has 0 spiro atoms. The second kappa shape index (κ2) is 5.52. The maximum Gasteiger partial charge on any atom is 0.416 e. The molecular formula is C9H10ClF3N2O2. The van der Waals surface area contributed by atoms with E-state index in [9.17, 15) is 13.2 Å². The Hall–Kier alpha value is -1.05. The predicted molar refractivity (Wildman–Crippen MR) is 55.8 cm³/mol. The topological polar surface area (TPSA) is 65.4 Å². The molecule has 0 saturated carbocycles. The van der Waals surface area contributed by atoms with E-state index in [1.165, 1.54) is 0 Å². The van der Waals surface area contributed by atoms with Crippen molar-refractivity contribution in [2.45, 2.75) is 12.2 Å². The summed E-state index contributed by atoms with van der Waals surface area (Å²) < 4.78 is 37.3. The maximum atomic E-state index is 12.4. The number of aliphatic hydroxyl groups excluding tert-OH is 2. The average molecular weight is 271 g/mol. The molecule has 0 unspecified atom stereocenters. The lowest BCUT2D eigenvalue weighted by molar-refractivity contribution is -0.137. The summed E-state index contributed by atoms with van der Waals surface area (Å²) in [6, 6.07) is 0.658. The van der Waals surface area contributed by atoms with Gasteiger partial charge in [0.2, 0.25) is 0 Å². The van der Waals surface area contributed by atoms with Crippen LogP contribution in [0.1, 0.15) is 5.56 Å². The molecule has 1 aromatic rings. The number of halogens is 4. The van der Waals surface area contributed by atoms with Gasteiger partial charge in [-0.2, -0.15) is 13.2 Å². The van der Waals surface area contributed by atoms with Gasteiger partial charge in [0.05, 0.1) is 24.8 Å². The Bertz CT molecular complexity index is 383. The zero-order valence-electron chi connectivity index (χ0n) is 8.50. The molecule has 0 saturated heterocycles. The SMILES string of the molecule is OCC(CO)Nc1cc(C(F)(F)F)cc(Cl)n1. The van der Waals surface area contributed by atoms with Crippen molar-refractivity contribution in [3.05, 3.63) is 22.8 Å². The van der Waals surface area contributed by atoms with Crippen LogP contribution in [0.3, 0.4) is 0 Å². The molecule has 1 aromatic heterocycles. The Morgan fingerprint density at radius 2 is 1.88 bits per heavy atom. The highest BCUT2D eigenvalue weighted by Crippen LogP contribution is 2.31. The molecule has 17 heavy (non-hydrogen) atoms. The second-order valence-electron chi connectivity index (χ2n) is 3.27. The molecule has 0 amide bonds. The molecule has 0 aliphatic carbocycles. The minimum atomic E-state index is -4.53. The third kappa shape index (κ3) is 4.03. The van der Waals surface area contributed by atoms with E-state index in [0.717, 1.165) is 6.07 Å². The molecule has 4 nitrogen and oxygen atoms in total. The van der Waals surface area contributed by atoms with Crippen LogP contribution in [0.15, 0.2) is 12.1 Å². The van der Waals surface area contributed by atoms with Crippen LogP contribution in [0.2, 0.25) is 5.15 Å². The van der Waals surface area contributed by atoms with Crippen LogP contribution >= 0.6 is 11.6 Å². The average Bonchev–Trinajstić information content (AvgIpc) is 2.24. The lowest BCUT2D eigenvalue weighted by Crippen LogP contribution is -2.28. The van der Waals surface area contributed by atoms with Crippen LogP contribution in [0, 0.1) is 0 Å². The summed E-state index contributed by atoms with van der Waals surface area (Å²) >= 11 is 5.45. The van der Waals surface area contributed by atoms with Gasteiger partial charge < -0.3 is 15.5 Å². The smallest absolute Gasteiger partial charge is 0.394 e. The van der Waals surface area contributed by atoms with Crippen molar-refractivity contribution in [3.63, 3.8) is 0 Å². The van der Waals surface area contributed by atoms with Crippen LogP contribution in [0.5, 0.6) is 0 Å². The van der Waals surface area contributed by atoms with E-state index in [2.05, 4.69) is 10.3 Å². The molecule has 3 N–H and O–H groups in total. The van der Waals surface area contributed by atoms with Gasteiger partial charge in [0.25, 0.3) is 0 Å². The zero-order valence-corrected chi connectivity index (χ0v) is 9.26. The Kier molecular flexibility index (Phi) is 4.55. The number of aromatic nitrogens is 1. The van der Waals surface area contributed by atoms with E-state index in [1.807, 2.05) is 0 Å². The summed E-state index contributed by atoms with van der Waals surface area (Å²) in [6.45, 7) is -0.877. The van der Waals surface area contributed by atoms with E-state index < -0.39 is 31.0 Å². The van der Waals surface area contributed by atoms with Crippen molar-refractivity contribution in [2.75, 3.05) is 18.5 Å². The third-order valence-electron chi connectivity index (χ3n) is 1.91. The highest BCUT2D eigenvalue weighted by molar-refractivity contribution is 6.29. The summed E-state index contributed by atoms with van der Waals surface area (Å²) in [5.74, 6) is -0.155. The number of pyridine rings is 1. The Morgan fingerprint density at radius 3 is 2.35 bits per heavy atom. The standard InChI is InChI=1S/C9H10ClF3N2O2/c10-7-1-5(9(11,12)13)2-8(15-7)14-6(3-16)4-17/h1-2,6,16-17H,3-4H2,(H,14,15). The van der Waals surface area contributed by atoms with Gasteiger partial charge in [0, 0.05) is 0 Å². The summed E-state index contributed by atoms with van der Waals surface area (Å²) in [7, 11) is 0. The minimum absolute atomic E-state index is 0.155. The number of hydrogen-bond donors (Lipinski definition) is 3. The van der Waals surface area contributed by atoms with Crippen molar-refractivity contribution in [1.82, 2.24) is 4.98 Å². The van der Waals surface area contributed by atoms with E-state index in [1.54, 1.807) is 0 Å². The molecule has 1 heterocycles. The number of anilines is 1. The minimum Gasteiger partial charge on any atom is -0.394 e. The van der Waals surface area contributed by atoms with Crippen LogP contribution < -0.4 is 5.32 Å². The van der Waals surface area contributed by atoms with E-state index in [0.29, 0.717) is 6.07 Å². The first kappa shape index (κ1) is 14.0. The highest BCUT2D eigenvalue weighted by Gasteiger charge is 2.31. The first-order chi connectivity index (χ1) is 7.86. The normalized spacial score (nSPS) is 11.9. The van der Waals surface area contributed by atoms with Crippen molar-refractivity contribution < 1.29 is 23.4 Å². The van der Waals surface area contributed by atoms with Gasteiger partial charge in [-0.15, -0.1) is 0 Å². The van der Waals surface area contributed by atoms with Crippen molar-refractivity contribution >= 4 is 17.4 Å². The number of rotatable bonds is 4. The molecule has 1 rings (SSSR count). The molecule has 0 aliphatic rings. The molecule has 0 radical (unpaired) electrons. The molecule has 96 valence electrons. The largest absolute Gasteiger partial charge is 0.416 e. The fourth-order valence-electron chi connectivity index (χ4n) is 1.09. The maximum absolute atomic E-state index is 12.4. The first-order valence-electron chi connectivity index (χ1n) is 4.60. The Balaban J connectivity index is 2.97. The quantitative estimate of drug-likeness (QED) is 0.726. The van der Waals surface area contributed by atoms with E-state index in [4.69, 9.17) is 21.8 Å². The van der Waals surface area contributed by atoms with Crippen LogP contribution in [-0.4, -0.2) is 34.5 Å². The second-order valence-corrected chi connectivity index (χ2v) is 3.66.